The molecule has 0 saturated carbocycles. The molecule has 0 radical (unpaired) electrons. The fourth-order valence-electron chi connectivity index (χ4n) is 3.00. The van der Waals surface area contributed by atoms with Crippen molar-refractivity contribution < 1.29 is 4.92 Å². The van der Waals surface area contributed by atoms with Crippen molar-refractivity contribution in [2.24, 2.45) is 0 Å². The number of non-ortho nitro benzene ring substituents is 1. The number of fused-ring (bicyclic) bond motifs is 1. The summed E-state index contributed by atoms with van der Waals surface area (Å²) >= 11 is 12.1. The molecule has 144 valence electrons. The second kappa shape index (κ2) is 7.16. The van der Waals surface area contributed by atoms with E-state index in [0.29, 0.717) is 10.7 Å². The van der Waals surface area contributed by atoms with Gasteiger partial charge in [0.25, 0.3) is 11.2 Å². The van der Waals surface area contributed by atoms with Crippen LogP contribution in [0.5, 0.6) is 0 Å². The second-order valence-corrected chi connectivity index (χ2v) is 6.84. The molecule has 0 aliphatic heterocycles. The van der Waals surface area contributed by atoms with Gasteiger partial charge in [-0.25, -0.2) is 9.36 Å². The molecule has 2 aromatic heterocycles. The standard InChI is InChI=1S/C19H10Cl2N4O4/c20-15-5-3-11(9-16(15)21)23-17-6-4-12(25(28)29)8-14(17)18(26)24(19(23)27)13-2-1-7-22-10-13/h1-10H. The molecule has 2 heterocycles. The molecule has 2 aromatic carbocycles. The molecule has 29 heavy (non-hydrogen) atoms. The first kappa shape index (κ1) is 18.9. The van der Waals surface area contributed by atoms with E-state index < -0.39 is 16.2 Å². The summed E-state index contributed by atoms with van der Waals surface area (Å²) in [6, 6.07) is 11.4. The fraction of sp³-hybridized carbons (Fsp3) is 0. The minimum absolute atomic E-state index is 0.00581. The number of hydrogen-bond acceptors (Lipinski definition) is 5. The molecule has 0 spiro atoms. The van der Waals surface area contributed by atoms with Crippen LogP contribution in [0.4, 0.5) is 5.69 Å². The number of nitro groups is 1. The Morgan fingerprint density at radius 1 is 0.931 bits per heavy atom. The van der Waals surface area contributed by atoms with Gasteiger partial charge in [-0.05, 0) is 36.4 Å². The highest BCUT2D eigenvalue weighted by molar-refractivity contribution is 6.42. The summed E-state index contributed by atoms with van der Waals surface area (Å²) in [6.45, 7) is 0. The summed E-state index contributed by atoms with van der Waals surface area (Å²) in [6.07, 6.45) is 2.85. The maximum absolute atomic E-state index is 13.3. The van der Waals surface area contributed by atoms with Crippen molar-refractivity contribution in [3.05, 3.63) is 102 Å². The van der Waals surface area contributed by atoms with Crippen LogP contribution in [-0.4, -0.2) is 19.0 Å². The average Bonchev–Trinajstić information content (AvgIpc) is 2.71. The van der Waals surface area contributed by atoms with E-state index in [0.717, 1.165) is 10.6 Å². The lowest BCUT2D eigenvalue weighted by molar-refractivity contribution is -0.384. The minimum Gasteiger partial charge on any atom is -0.268 e. The van der Waals surface area contributed by atoms with Crippen LogP contribution in [0, 0.1) is 10.1 Å². The van der Waals surface area contributed by atoms with Crippen LogP contribution >= 0.6 is 23.2 Å². The largest absolute Gasteiger partial charge is 0.340 e. The quantitative estimate of drug-likeness (QED) is 0.365. The van der Waals surface area contributed by atoms with Gasteiger partial charge in [-0.1, -0.05) is 23.2 Å². The van der Waals surface area contributed by atoms with Gasteiger partial charge in [0.2, 0.25) is 0 Å². The SMILES string of the molecule is O=c1c2cc([N+](=O)[O-])ccc2n(-c2ccc(Cl)c(Cl)c2)c(=O)n1-c1cccnc1. The van der Waals surface area contributed by atoms with Crippen molar-refractivity contribution in [1.29, 1.82) is 0 Å². The fourth-order valence-corrected chi connectivity index (χ4v) is 3.29. The van der Waals surface area contributed by atoms with E-state index in [9.17, 15) is 19.7 Å². The van der Waals surface area contributed by atoms with Crippen LogP contribution in [0.2, 0.25) is 10.0 Å². The van der Waals surface area contributed by atoms with Gasteiger partial charge in [-0.2, -0.15) is 0 Å². The first-order valence-electron chi connectivity index (χ1n) is 8.20. The van der Waals surface area contributed by atoms with Crippen molar-refractivity contribution in [1.82, 2.24) is 14.1 Å². The van der Waals surface area contributed by atoms with Crippen molar-refractivity contribution in [2.75, 3.05) is 0 Å². The Morgan fingerprint density at radius 3 is 2.38 bits per heavy atom. The molecule has 0 unspecified atom stereocenters. The number of nitrogens with zero attached hydrogens (tertiary/aromatic N) is 4. The number of benzene rings is 2. The van der Waals surface area contributed by atoms with Crippen LogP contribution < -0.4 is 11.2 Å². The number of nitro benzene ring substituents is 1. The van der Waals surface area contributed by atoms with Gasteiger partial charge >= 0.3 is 5.69 Å². The van der Waals surface area contributed by atoms with Crippen LogP contribution in [0.3, 0.4) is 0 Å². The minimum atomic E-state index is -0.696. The summed E-state index contributed by atoms with van der Waals surface area (Å²) in [7, 11) is 0. The number of rotatable bonds is 3. The molecule has 4 rings (SSSR count). The van der Waals surface area contributed by atoms with Crippen LogP contribution in [-0.2, 0) is 0 Å². The molecule has 4 aromatic rings. The lowest BCUT2D eigenvalue weighted by Gasteiger charge is -2.14. The summed E-state index contributed by atoms with van der Waals surface area (Å²) in [5.74, 6) is 0. The van der Waals surface area contributed by atoms with Gasteiger partial charge in [0.1, 0.15) is 0 Å². The zero-order chi connectivity index (χ0) is 20.7. The highest BCUT2D eigenvalue weighted by atomic mass is 35.5. The maximum atomic E-state index is 13.3. The Kier molecular flexibility index (Phi) is 4.65. The predicted octanol–water partition coefficient (Wildman–Crippen LogP) is 3.75. The van der Waals surface area contributed by atoms with E-state index in [1.165, 1.54) is 47.3 Å². The molecule has 0 bridgehead atoms. The summed E-state index contributed by atoms with van der Waals surface area (Å²) in [5.41, 5.74) is -0.873. The molecule has 0 amide bonds. The zero-order valence-corrected chi connectivity index (χ0v) is 16.0. The Morgan fingerprint density at radius 2 is 1.72 bits per heavy atom. The molecule has 10 heteroatoms. The van der Waals surface area contributed by atoms with E-state index in [4.69, 9.17) is 23.2 Å². The van der Waals surface area contributed by atoms with Crippen molar-refractivity contribution in [2.45, 2.75) is 0 Å². The first-order chi connectivity index (χ1) is 13.9. The first-order valence-corrected chi connectivity index (χ1v) is 8.96. The third kappa shape index (κ3) is 3.18. The molecule has 0 fully saturated rings. The molecular weight excluding hydrogens is 419 g/mol. The van der Waals surface area contributed by atoms with Gasteiger partial charge in [0.05, 0.1) is 43.4 Å². The normalized spacial score (nSPS) is 11.0. The number of pyridine rings is 1. The van der Waals surface area contributed by atoms with E-state index in [-0.39, 0.29) is 27.3 Å². The maximum Gasteiger partial charge on any atom is 0.340 e. The molecule has 0 N–H and O–H groups in total. The topological polar surface area (TPSA) is 100 Å². The summed E-state index contributed by atoms with van der Waals surface area (Å²) in [4.78, 5) is 40.9. The van der Waals surface area contributed by atoms with Crippen molar-refractivity contribution in [3.8, 4) is 11.4 Å². The smallest absolute Gasteiger partial charge is 0.268 e. The van der Waals surface area contributed by atoms with Crippen LogP contribution in [0.1, 0.15) is 0 Å². The third-order valence-electron chi connectivity index (χ3n) is 4.31. The molecule has 0 saturated heterocycles. The van der Waals surface area contributed by atoms with E-state index in [2.05, 4.69) is 4.98 Å². The monoisotopic (exact) mass is 428 g/mol. The van der Waals surface area contributed by atoms with Crippen molar-refractivity contribution in [3.63, 3.8) is 0 Å². The van der Waals surface area contributed by atoms with Gasteiger partial charge in [-0.15, -0.1) is 0 Å². The molecule has 0 aliphatic rings. The van der Waals surface area contributed by atoms with E-state index in [1.807, 2.05) is 0 Å². The zero-order valence-electron chi connectivity index (χ0n) is 14.5. The van der Waals surface area contributed by atoms with Gasteiger partial charge in [0.15, 0.2) is 0 Å². The molecule has 0 atom stereocenters. The number of hydrogen-bond donors (Lipinski definition) is 0. The highest BCUT2D eigenvalue weighted by Crippen LogP contribution is 2.26. The Balaban J connectivity index is 2.19. The van der Waals surface area contributed by atoms with Crippen LogP contribution in [0.25, 0.3) is 22.3 Å². The van der Waals surface area contributed by atoms with Gasteiger partial charge in [-0.3, -0.25) is 24.5 Å². The lowest BCUT2D eigenvalue weighted by Crippen LogP contribution is -2.38. The van der Waals surface area contributed by atoms with Gasteiger partial charge in [0, 0.05) is 18.3 Å². The average molecular weight is 429 g/mol. The third-order valence-corrected chi connectivity index (χ3v) is 5.05. The summed E-state index contributed by atoms with van der Waals surface area (Å²) < 4.78 is 2.15. The van der Waals surface area contributed by atoms with Gasteiger partial charge < -0.3 is 0 Å². The molecule has 0 aliphatic carbocycles. The molecular formula is C19H10Cl2N4O4. The number of aromatic nitrogens is 3. The second-order valence-electron chi connectivity index (χ2n) is 6.03. The summed E-state index contributed by atoms with van der Waals surface area (Å²) in [5, 5.41) is 11.7. The lowest BCUT2D eigenvalue weighted by atomic mass is 10.2. The van der Waals surface area contributed by atoms with Crippen molar-refractivity contribution >= 4 is 39.8 Å². The van der Waals surface area contributed by atoms with Crippen LogP contribution in [0.15, 0.2) is 70.5 Å². The Labute approximate surface area is 172 Å². The number of halogens is 2. The predicted molar refractivity (Wildman–Crippen MR) is 110 cm³/mol. The highest BCUT2D eigenvalue weighted by Gasteiger charge is 2.19. The molecule has 8 nitrogen and oxygen atoms in total. The Hall–Kier alpha value is -3.49. The van der Waals surface area contributed by atoms with E-state index in [1.54, 1.807) is 12.1 Å². The van der Waals surface area contributed by atoms with E-state index >= 15 is 0 Å². The Bertz CT molecular complexity index is 1400.